The van der Waals surface area contributed by atoms with Gasteiger partial charge < -0.3 is 0 Å². The highest BCUT2D eigenvalue weighted by atomic mass is 127. The van der Waals surface area contributed by atoms with Gasteiger partial charge >= 0.3 is 0 Å². The van der Waals surface area contributed by atoms with Crippen LogP contribution in [0.15, 0.2) is 30.6 Å². The first-order chi connectivity index (χ1) is 7.20. The van der Waals surface area contributed by atoms with Gasteiger partial charge in [-0.05, 0) is 40.3 Å². The molecule has 0 aliphatic rings. The van der Waals surface area contributed by atoms with E-state index in [1.165, 1.54) is 0 Å². The van der Waals surface area contributed by atoms with Crippen molar-refractivity contribution in [1.82, 2.24) is 9.78 Å². The van der Waals surface area contributed by atoms with Crippen LogP contribution < -0.4 is 0 Å². The SMILES string of the molecule is Clc1cc(-n2cc(I)cn2)ccc1CBr. The molecule has 1 heterocycles. The molecule has 15 heavy (non-hydrogen) atoms. The van der Waals surface area contributed by atoms with E-state index in [0.717, 1.165) is 25.2 Å². The van der Waals surface area contributed by atoms with Gasteiger partial charge in [-0.25, -0.2) is 4.68 Å². The summed E-state index contributed by atoms with van der Waals surface area (Å²) in [5.74, 6) is 0. The molecule has 1 aromatic carbocycles. The van der Waals surface area contributed by atoms with Crippen LogP contribution in [0.2, 0.25) is 5.02 Å². The standard InChI is InChI=1S/C10H7BrClIN2/c11-4-7-1-2-9(3-10(7)12)15-6-8(13)5-14-15/h1-3,5-6H,4H2. The fourth-order valence-electron chi connectivity index (χ4n) is 1.23. The minimum absolute atomic E-state index is 0.759. The Kier molecular flexibility index (Phi) is 3.69. The summed E-state index contributed by atoms with van der Waals surface area (Å²) in [4.78, 5) is 0. The molecule has 0 spiro atoms. The second kappa shape index (κ2) is 4.84. The molecule has 2 nitrogen and oxygen atoms in total. The molecule has 2 rings (SSSR count). The van der Waals surface area contributed by atoms with E-state index in [-0.39, 0.29) is 0 Å². The van der Waals surface area contributed by atoms with Gasteiger partial charge in [-0.1, -0.05) is 33.6 Å². The van der Waals surface area contributed by atoms with Crippen molar-refractivity contribution in [3.63, 3.8) is 0 Å². The molecule has 0 saturated heterocycles. The summed E-state index contributed by atoms with van der Waals surface area (Å²) in [5.41, 5.74) is 2.06. The minimum atomic E-state index is 0.759. The first kappa shape index (κ1) is 11.4. The van der Waals surface area contributed by atoms with Crippen molar-refractivity contribution in [3.05, 3.63) is 44.7 Å². The van der Waals surface area contributed by atoms with Crippen molar-refractivity contribution in [2.75, 3.05) is 0 Å². The number of aromatic nitrogens is 2. The van der Waals surface area contributed by atoms with Crippen LogP contribution >= 0.6 is 50.1 Å². The van der Waals surface area contributed by atoms with Crippen molar-refractivity contribution < 1.29 is 0 Å². The topological polar surface area (TPSA) is 17.8 Å². The van der Waals surface area contributed by atoms with E-state index in [1.807, 2.05) is 35.3 Å². The number of hydrogen-bond acceptors (Lipinski definition) is 1. The predicted molar refractivity (Wildman–Crippen MR) is 73.9 cm³/mol. The summed E-state index contributed by atoms with van der Waals surface area (Å²) in [5, 5.41) is 5.75. The number of nitrogens with zero attached hydrogens (tertiary/aromatic N) is 2. The van der Waals surface area contributed by atoms with Crippen LogP contribution in [0.1, 0.15) is 5.56 Å². The average molecular weight is 397 g/mol. The zero-order valence-corrected chi connectivity index (χ0v) is 12.1. The molecular weight excluding hydrogens is 390 g/mol. The fourth-order valence-corrected chi connectivity index (χ4v) is 2.51. The number of alkyl halides is 1. The second-order valence-electron chi connectivity index (χ2n) is 3.01. The molecule has 0 amide bonds. The first-order valence-corrected chi connectivity index (χ1v) is 6.83. The molecule has 0 radical (unpaired) electrons. The monoisotopic (exact) mass is 396 g/mol. The molecule has 1 aromatic heterocycles. The van der Waals surface area contributed by atoms with Crippen LogP contribution in [-0.2, 0) is 5.33 Å². The van der Waals surface area contributed by atoms with Crippen LogP contribution in [-0.4, -0.2) is 9.78 Å². The van der Waals surface area contributed by atoms with Gasteiger partial charge in [0, 0.05) is 16.5 Å². The highest BCUT2D eigenvalue weighted by molar-refractivity contribution is 14.1. The van der Waals surface area contributed by atoms with Crippen LogP contribution in [0, 0.1) is 3.57 Å². The zero-order chi connectivity index (χ0) is 10.8. The Labute approximate surface area is 115 Å². The van der Waals surface area contributed by atoms with E-state index in [2.05, 4.69) is 43.6 Å². The normalized spacial score (nSPS) is 10.6. The van der Waals surface area contributed by atoms with E-state index in [4.69, 9.17) is 11.6 Å². The van der Waals surface area contributed by atoms with Crippen LogP contribution in [0.25, 0.3) is 5.69 Å². The largest absolute Gasteiger partial charge is 0.240 e. The third-order valence-corrected chi connectivity index (χ3v) is 3.51. The third kappa shape index (κ3) is 2.54. The van der Waals surface area contributed by atoms with Crippen LogP contribution in [0.4, 0.5) is 0 Å². The molecule has 2 aromatic rings. The summed E-state index contributed by atoms with van der Waals surface area (Å²) in [6.07, 6.45) is 3.77. The third-order valence-electron chi connectivity index (χ3n) is 2.00. The maximum Gasteiger partial charge on any atom is 0.0661 e. The molecule has 0 aliphatic heterocycles. The number of benzene rings is 1. The Balaban J connectivity index is 2.42. The molecule has 0 aliphatic carbocycles. The first-order valence-electron chi connectivity index (χ1n) is 4.25. The van der Waals surface area contributed by atoms with Gasteiger partial charge in [-0.2, -0.15) is 5.10 Å². The maximum atomic E-state index is 6.11. The summed E-state index contributed by atoms with van der Waals surface area (Å²) in [6, 6.07) is 5.92. The van der Waals surface area contributed by atoms with E-state index in [9.17, 15) is 0 Å². The van der Waals surface area contributed by atoms with Gasteiger partial charge in [0.05, 0.1) is 15.5 Å². The molecule has 0 bridgehead atoms. The van der Waals surface area contributed by atoms with Gasteiger partial charge in [0.1, 0.15) is 0 Å². The molecule has 78 valence electrons. The lowest BCUT2D eigenvalue weighted by Crippen LogP contribution is -1.94. The van der Waals surface area contributed by atoms with Crippen LogP contribution in [0.3, 0.4) is 0 Å². The number of hydrogen-bond donors (Lipinski definition) is 0. The molecular formula is C10H7BrClIN2. The Morgan fingerprint density at radius 3 is 2.80 bits per heavy atom. The predicted octanol–water partition coefficient (Wildman–Crippen LogP) is 4.03. The van der Waals surface area contributed by atoms with Crippen molar-refractivity contribution in [1.29, 1.82) is 0 Å². The summed E-state index contributed by atoms with van der Waals surface area (Å²) >= 11 is 11.7. The fraction of sp³-hybridized carbons (Fsp3) is 0.100. The van der Waals surface area contributed by atoms with Gasteiger partial charge in [0.15, 0.2) is 0 Å². The van der Waals surface area contributed by atoms with Crippen molar-refractivity contribution in [3.8, 4) is 5.69 Å². The Morgan fingerprint density at radius 1 is 1.47 bits per heavy atom. The van der Waals surface area contributed by atoms with E-state index in [0.29, 0.717) is 0 Å². The summed E-state index contributed by atoms with van der Waals surface area (Å²) in [6.45, 7) is 0. The quantitative estimate of drug-likeness (QED) is 0.553. The van der Waals surface area contributed by atoms with Crippen molar-refractivity contribution in [2.45, 2.75) is 5.33 Å². The molecule has 5 heteroatoms. The molecule has 0 saturated carbocycles. The lowest BCUT2D eigenvalue weighted by atomic mass is 10.2. The second-order valence-corrected chi connectivity index (χ2v) is 5.23. The zero-order valence-electron chi connectivity index (χ0n) is 7.62. The molecule has 0 N–H and O–H groups in total. The Bertz CT molecular complexity index is 484. The van der Waals surface area contributed by atoms with Gasteiger partial charge in [0.2, 0.25) is 0 Å². The number of halogens is 3. The smallest absolute Gasteiger partial charge is 0.0661 e. The maximum absolute atomic E-state index is 6.11. The average Bonchev–Trinajstić information content (AvgIpc) is 2.65. The van der Waals surface area contributed by atoms with Gasteiger partial charge in [0.25, 0.3) is 0 Å². The molecule has 0 fully saturated rings. The highest BCUT2D eigenvalue weighted by Crippen LogP contribution is 2.22. The Hall–Kier alpha value is -0.0700. The summed E-state index contributed by atoms with van der Waals surface area (Å²) < 4.78 is 2.92. The van der Waals surface area contributed by atoms with Gasteiger partial charge in [-0.3, -0.25) is 0 Å². The highest BCUT2D eigenvalue weighted by Gasteiger charge is 2.03. The van der Waals surface area contributed by atoms with E-state index < -0.39 is 0 Å². The molecule has 0 atom stereocenters. The van der Waals surface area contributed by atoms with E-state index >= 15 is 0 Å². The van der Waals surface area contributed by atoms with Crippen LogP contribution in [0.5, 0.6) is 0 Å². The number of rotatable bonds is 2. The van der Waals surface area contributed by atoms with Gasteiger partial charge in [-0.15, -0.1) is 0 Å². The lowest BCUT2D eigenvalue weighted by Gasteiger charge is -2.04. The van der Waals surface area contributed by atoms with Crippen molar-refractivity contribution in [2.24, 2.45) is 0 Å². The lowest BCUT2D eigenvalue weighted by molar-refractivity contribution is 0.880. The molecule has 0 unspecified atom stereocenters. The van der Waals surface area contributed by atoms with E-state index in [1.54, 1.807) is 0 Å². The minimum Gasteiger partial charge on any atom is -0.240 e. The Morgan fingerprint density at radius 2 is 2.27 bits per heavy atom. The summed E-state index contributed by atoms with van der Waals surface area (Å²) in [7, 11) is 0. The van der Waals surface area contributed by atoms with Crippen molar-refractivity contribution >= 4 is 50.1 Å².